The third kappa shape index (κ3) is 3.41. The summed E-state index contributed by atoms with van der Waals surface area (Å²) < 4.78 is 18.5. The molecule has 1 aliphatic heterocycles. The minimum absolute atomic E-state index is 0.0502. The first-order valence-electron chi connectivity index (χ1n) is 5.25. The molecule has 1 fully saturated rings. The van der Waals surface area contributed by atoms with Crippen molar-refractivity contribution in [2.75, 3.05) is 18.5 Å². The van der Waals surface area contributed by atoms with Crippen molar-refractivity contribution in [2.45, 2.75) is 12.5 Å². The van der Waals surface area contributed by atoms with Crippen LogP contribution in [-0.2, 0) is 4.74 Å². The highest BCUT2D eigenvalue weighted by Gasteiger charge is 2.17. The topological polar surface area (TPSA) is 50.4 Å². The van der Waals surface area contributed by atoms with Gasteiger partial charge in [-0.15, -0.1) is 0 Å². The van der Waals surface area contributed by atoms with Crippen LogP contribution in [0.15, 0.2) is 22.7 Å². The van der Waals surface area contributed by atoms with Crippen LogP contribution in [0, 0.1) is 5.82 Å². The van der Waals surface area contributed by atoms with E-state index in [0.717, 1.165) is 6.42 Å². The molecule has 0 spiro atoms. The summed E-state index contributed by atoms with van der Waals surface area (Å²) in [7, 11) is 0. The van der Waals surface area contributed by atoms with Crippen LogP contribution in [0.1, 0.15) is 6.42 Å². The van der Waals surface area contributed by atoms with Gasteiger partial charge in [0.1, 0.15) is 5.82 Å². The summed E-state index contributed by atoms with van der Waals surface area (Å²) in [5.74, 6) is -0.355. The van der Waals surface area contributed by atoms with Gasteiger partial charge in [0, 0.05) is 11.1 Å². The van der Waals surface area contributed by atoms with Crippen LogP contribution in [-0.4, -0.2) is 25.3 Å². The summed E-state index contributed by atoms with van der Waals surface area (Å²) >= 11 is 3.18. The van der Waals surface area contributed by atoms with E-state index in [1.165, 1.54) is 18.2 Å². The Balaban J connectivity index is 1.93. The molecule has 92 valence electrons. The Morgan fingerprint density at radius 2 is 2.35 bits per heavy atom. The molecule has 0 aromatic heterocycles. The number of hydrogen-bond donors (Lipinski definition) is 2. The van der Waals surface area contributed by atoms with Gasteiger partial charge in [-0.1, -0.05) is 0 Å². The third-order valence-electron chi connectivity index (χ3n) is 2.44. The average Bonchev–Trinajstić information content (AvgIpc) is 2.75. The highest BCUT2D eigenvalue weighted by molar-refractivity contribution is 9.10. The maximum absolute atomic E-state index is 12.8. The minimum Gasteiger partial charge on any atom is -0.379 e. The number of rotatable bonds is 2. The second-order valence-corrected chi connectivity index (χ2v) is 4.64. The van der Waals surface area contributed by atoms with E-state index in [4.69, 9.17) is 4.74 Å². The molecule has 2 rings (SSSR count). The fourth-order valence-corrected chi connectivity index (χ4v) is 2.03. The van der Waals surface area contributed by atoms with Gasteiger partial charge in [0.15, 0.2) is 0 Å². The van der Waals surface area contributed by atoms with Gasteiger partial charge in [-0.05, 0) is 40.5 Å². The zero-order chi connectivity index (χ0) is 12.3. The Hall–Kier alpha value is -1.14. The number of carbonyl (C=O) groups is 1. The number of ether oxygens (including phenoxy) is 1. The van der Waals surface area contributed by atoms with E-state index in [1.54, 1.807) is 0 Å². The molecule has 17 heavy (non-hydrogen) atoms. The van der Waals surface area contributed by atoms with E-state index in [9.17, 15) is 9.18 Å². The molecule has 4 nitrogen and oxygen atoms in total. The molecule has 1 aromatic rings. The zero-order valence-electron chi connectivity index (χ0n) is 9.00. The molecule has 0 aliphatic carbocycles. The summed E-state index contributed by atoms with van der Waals surface area (Å²) in [6.07, 6.45) is 0.817. The van der Waals surface area contributed by atoms with Gasteiger partial charge >= 0.3 is 6.03 Å². The fourth-order valence-electron chi connectivity index (χ4n) is 1.58. The smallest absolute Gasteiger partial charge is 0.319 e. The van der Waals surface area contributed by atoms with E-state index in [2.05, 4.69) is 26.6 Å². The number of benzene rings is 1. The van der Waals surface area contributed by atoms with Crippen molar-refractivity contribution in [3.8, 4) is 0 Å². The number of anilines is 1. The van der Waals surface area contributed by atoms with Crippen molar-refractivity contribution in [1.29, 1.82) is 0 Å². The maximum atomic E-state index is 12.8. The lowest BCUT2D eigenvalue weighted by Gasteiger charge is -2.12. The molecular weight excluding hydrogens is 291 g/mol. The van der Waals surface area contributed by atoms with Crippen molar-refractivity contribution in [3.05, 3.63) is 28.5 Å². The number of nitrogens with one attached hydrogen (secondary N) is 2. The zero-order valence-corrected chi connectivity index (χ0v) is 10.6. The minimum atomic E-state index is -0.355. The number of halogens is 2. The first-order chi connectivity index (χ1) is 8.15. The third-order valence-corrected chi connectivity index (χ3v) is 3.10. The molecule has 6 heteroatoms. The van der Waals surface area contributed by atoms with Crippen LogP contribution in [0.25, 0.3) is 0 Å². The van der Waals surface area contributed by atoms with E-state index < -0.39 is 0 Å². The summed E-state index contributed by atoms with van der Waals surface area (Å²) in [4.78, 5) is 11.6. The van der Waals surface area contributed by atoms with Crippen molar-refractivity contribution in [2.24, 2.45) is 0 Å². The van der Waals surface area contributed by atoms with Crippen molar-refractivity contribution < 1.29 is 13.9 Å². The highest BCUT2D eigenvalue weighted by atomic mass is 79.9. The Morgan fingerprint density at radius 3 is 3.00 bits per heavy atom. The largest absolute Gasteiger partial charge is 0.379 e. The molecule has 2 N–H and O–H groups in total. The van der Waals surface area contributed by atoms with E-state index >= 15 is 0 Å². The lowest BCUT2D eigenvalue weighted by atomic mass is 10.3. The van der Waals surface area contributed by atoms with E-state index in [1.807, 2.05) is 0 Å². The first kappa shape index (κ1) is 12.3. The van der Waals surface area contributed by atoms with Gasteiger partial charge in [-0.25, -0.2) is 9.18 Å². The van der Waals surface area contributed by atoms with Crippen molar-refractivity contribution in [3.63, 3.8) is 0 Å². The Bertz CT molecular complexity index is 422. The molecule has 1 aromatic carbocycles. The Kier molecular flexibility index (Phi) is 3.96. The first-order valence-corrected chi connectivity index (χ1v) is 6.05. The Labute approximate surface area is 107 Å². The molecular formula is C11H12BrFN2O2. The normalized spacial score (nSPS) is 19.1. The molecule has 2 amide bonds. The van der Waals surface area contributed by atoms with Crippen LogP contribution < -0.4 is 10.6 Å². The highest BCUT2D eigenvalue weighted by Crippen LogP contribution is 2.22. The standard InChI is InChI=1S/C11H12BrFN2O2/c12-9-5-7(13)1-2-10(9)15-11(16)14-8-3-4-17-6-8/h1-2,5,8H,3-4,6H2,(H2,14,15,16). The molecule has 1 atom stereocenters. The van der Waals surface area contributed by atoms with Crippen LogP contribution in [0.5, 0.6) is 0 Å². The maximum Gasteiger partial charge on any atom is 0.319 e. The fraction of sp³-hybridized carbons (Fsp3) is 0.364. The van der Waals surface area contributed by atoms with Gasteiger partial charge in [-0.2, -0.15) is 0 Å². The van der Waals surface area contributed by atoms with Gasteiger partial charge in [0.25, 0.3) is 0 Å². The Morgan fingerprint density at radius 1 is 1.53 bits per heavy atom. The second kappa shape index (κ2) is 5.46. The molecule has 1 heterocycles. The van der Waals surface area contributed by atoms with Crippen LogP contribution in [0.3, 0.4) is 0 Å². The second-order valence-electron chi connectivity index (χ2n) is 3.78. The summed E-state index contributed by atoms with van der Waals surface area (Å²) in [6, 6.07) is 3.83. The quantitative estimate of drug-likeness (QED) is 0.882. The predicted octanol–water partition coefficient (Wildman–Crippen LogP) is 2.50. The molecule has 0 radical (unpaired) electrons. The number of amides is 2. The van der Waals surface area contributed by atoms with Crippen molar-refractivity contribution in [1.82, 2.24) is 5.32 Å². The molecule has 0 saturated carbocycles. The summed E-state index contributed by atoms with van der Waals surface area (Å²) in [6.45, 7) is 1.21. The number of urea groups is 1. The SMILES string of the molecule is O=C(Nc1ccc(F)cc1Br)NC1CCOC1. The van der Waals surface area contributed by atoms with Gasteiger partial charge in [0.2, 0.25) is 0 Å². The number of carbonyl (C=O) groups excluding carboxylic acids is 1. The molecule has 1 saturated heterocycles. The van der Waals surface area contributed by atoms with Gasteiger partial charge < -0.3 is 15.4 Å². The molecule has 0 bridgehead atoms. The van der Waals surface area contributed by atoms with Crippen LogP contribution in [0.2, 0.25) is 0 Å². The van der Waals surface area contributed by atoms with E-state index in [-0.39, 0.29) is 17.9 Å². The average molecular weight is 303 g/mol. The van der Waals surface area contributed by atoms with Crippen LogP contribution in [0.4, 0.5) is 14.9 Å². The summed E-state index contributed by atoms with van der Waals surface area (Å²) in [5.41, 5.74) is 0.530. The molecule has 1 aliphatic rings. The predicted molar refractivity (Wildman–Crippen MR) is 65.5 cm³/mol. The molecule has 1 unspecified atom stereocenters. The number of hydrogen-bond acceptors (Lipinski definition) is 2. The van der Waals surface area contributed by atoms with E-state index in [0.29, 0.717) is 23.4 Å². The summed E-state index contributed by atoms with van der Waals surface area (Å²) in [5, 5.41) is 5.42. The van der Waals surface area contributed by atoms with Crippen molar-refractivity contribution >= 4 is 27.6 Å². The monoisotopic (exact) mass is 302 g/mol. The van der Waals surface area contributed by atoms with Crippen LogP contribution >= 0.6 is 15.9 Å². The lowest BCUT2D eigenvalue weighted by molar-refractivity contribution is 0.189. The lowest BCUT2D eigenvalue weighted by Crippen LogP contribution is -2.38. The van der Waals surface area contributed by atoms with Gasteiger partial charge in [-0.3, -0.25) is 0 Å². The van der Waals surface area contributed by atoms with Gasteiger partial charge in [0.05, 0.1) is 18.3 Å².